The first-order valence-electron chi connectivity index (χ1n) is 10.6. The van der Waals surface area contributed by atoms with Crippen LogP contribution in [-0.2, 0) is 9.47 Å². The van der Waals surface area contributed by atoms with Crippen LogP contribution in [0, 0.1) is 6.92 Å². The molecule has 2 N–H and O–H groups in total. The summed E-state index contributed by atoms with van der Waals surface area (Å²) in [5.41, 5.74) is 3.48. The van der Waals surface area contributed by atoms with Gasteiger partial charge in [0, 0.05) is 6.54 Å². The van der Waals surface area contributed by atoms with Crippen LogP contribution in [0.15, 0.2) is 66.9 Å². The SMILES string of the molecule is CCOC(=O)c1c[nH+]c2c(ccc3ccccc32)c1NCCOC(=O)c1cccc(C)c1. The molecule has 1 heterocycles. The molecule has 0 atom stereocenters. The summed E-state index contributed by atoms with van der Waals surface area (Å²) in [7, 11) is 0. The number of benzene rings is 3. The Morgan fingerprint density at radius 2 is 1.78 bits per heavy atom. The second-order valence-corrected chi connectivity index (χ2v) is 7.44. The molecule has 6 nitrogen and oxygen atoms in total. The topological polar surface area (TPSA) is 78.8 Å². The molecule has 4 rings (SSSR count). The van der Waals surface area contributed by atoms with Crippen molar-refractivity contribution in [1.82, 2.24) is 0 Å². The Balaban J connectivity index is 1.59. The first kappa shape index (κ1) is 21.3. The summed E-state index contributed by atoms with van der Waals surface area (Å²) < 4.78 is 10.6. The van der Waals surface area contributed by atoms with Crippen LogP contribution in [0.2, 0.25) is 0 Å². The van der Waals surface area contributed by atoms with E-state index in [2.05, 4.69) is 10.3 Å². The number of fused-ring (bicyclic) bond motifs is 3. The summed E-state index contributed by atoms with van der Waals surface area (Å²) in [6.07, 6.45) is 1.66. The van der Waals surface area contributed by atoms with E-state index in [0.29, 0.717) is 23.4 Å². The summed E-state index contributed by atoms with van der Waals surface area (Å²) >= 11 is 0. The Hall–Kier alpha value is -3.93. The van der Waals surface area contributed by atoms with E-state index in [1.165, 1.54) is 0 Å². The van der Waals surface area contributed by atoms with Crippen LogP contribution in [0.4, 0.5) is 5.69 Å². The summed E-state index contributed by atoms with van der Waals surface area (Å²) in [6.45, 7) is 4.48. The molecule has 4 aromatic rings. The van der Waals surface area contributed by atoms with Crippen LogP contribution in [0.1, 0.15) is 33.2 Å². The van der Waals surface area contributed by atoms with Crippen LogP contribution in [0.25, 0.3) is 21.7 Å². The molecule has 0 aliphatic carbocycles. The third-order valence-corrected chi connectivity index (χ3v) is 5.21. The maximum absolute atomic E-state index is 12.6. The van der Waals surface area contributed by atoms with Crippen molar-refractivity contribution in [2.24, 2.45) is 0 Å². The lowest BCUT2D eigenvalue weighted by atomic mass is 10.0. The van der Waals surface area contributed by atoms with Gasteiger partial charge in [0.2, 0.25) is 5.52 Å². The van der Waals surface area contributed by atoms with Gasteiger partial charge >= 0.3 is 11.9 Å². The summed E-state index contributed by atoms with van der Waals surface area (Å²) in [4.78, 5) is 28.1. The fraction of sp³-hybridized carbons (Fsp3) is 0.192. The van der Waals surface area contributed by atoms with E-state index in [4.69, 9.17) is 9.47 Å². The molecule has 0 saturated heterocycles. The largest absolute Gasteiger partial charge is 0.462 e. The third kappa shape index (κ3) is 4.39. The molecule has 0 fully saturated rings. The molecule has 0 unspecified atom stereocenters. The van der Waals surface area contributed by atoms with E-state index in [9.17, 15) is 9.59 Å². The van der Waals surface area contributed by atoms with Crippen LogP contribution in [0.5, 0.6) is 0 Å². The molecule has 0 radical (unpaired) electrons. The number of aromatic nitrogens is 1. The quantitative estimate of drug-likeness (QED) is 0.265. The number of rotatable bonds is 7. The van der Waals surface area contributed by atoms with Gasteiger partial charge in [-0.15, -0.1) is 0 Å². The molecular formula is C26H25N2O4+. The number of H-pyrrole nitrogens is 1. The Morgan fingerprint density at radius 3 is 2.59 bits per heavy atom. The van der Waals surface area contributed by atoms with Crippen molar-refractivity contribution < 1.29 is 24.0 Å². The molecule has 162 valence electrons. The van der Waals surface area contributed by atoms with Crippen molar-refractivity contribution in [2.75, 3.05) is 25.1 Å². The van der Waals surface area contributed by atoms with Gasteiger partial charge in [-0.1, -0.05) is 42.0 Å². The Morgan fingerprint density at radius 1 is 0.938 bits per heavy atom. The summed E-state index contributed by atoms with van der Waals surface area (Å²) in [6, 6.07) is 19.3. The molecule has 0 amide bonds. The van der Waals surface area contributed by atoms with Gasteiger partial charge in [-0.25, -0.2) is 14.6 Å². The minimum Gasteiger partial charge on any atom is -0.462 e. The van der Waals surface area contributed by atoms with E-state index in [0.717, 1.165) is 27.2 Å². The number of nitrogens with one attached hydrogen (secondary N) is 2. The van der Waals surface area contributed by atoms with Gasteiger partial charge in [-0.05, 0) is 43.5 Å². The van der Waals surface area contributed by atoms with Crippen LogP contribution < -0.4 is 10.3 Å². The fourth-order valence-electron chi connectivity index (χ4n) is 3.73. The van der Waals surface area contributed by atoms with Gasteiger partial charge in [0.25, 0.3) is 0 Å². The third-order valence-electron chi connectivity index (χ3n) is 5.21. The van der Waals surface area contributed by atoms with Crippen molar-refractivity contribution in [3.8, 4) is 0 Å². The predicted molar refractivity (Wildman–Crippen MR) is 124 cm³/mol. The number of ether oxygens (including phenoxy) is 2. The number of carbonyl (C=O) groups excluding carboxylic acids is 2. The Labute approximate surface area is 186 Å². The summed E-state index contributed by atoms with van der Waals surface area (Å²) in [5.74, 6) is -0.795. The lowest BCUT2D eigenvalue weighted by molar-refractivity contribution is -0.343. The monoisotopic (exact) mass is 429 g/mol. The minimum atomic E-state index is -0.418. The zero-order chi connectivity index (χ0) is 22.5. The highest BCUT2D eigenvalue weighted by molar-refractivity contribution is 6.11. The molecule has 0 aliphatic rings. The van der Waals surface area contributed by atoms with E-state index in [1.54, 1.807) is 25.3 Å². The first-order chi connectivity index (χ1) is 15.6. The summed E-state index contributed by atoms with van der Waals surface area (Å²) in [5, 5.41) is 6.29. The first-order valence-corrected chi connectivity index (χ1v) is 10.6. The van der Waals surface area contributed by atoms with Gasteiger partial charge in [0.15, 0.2) is 6.20 Å². The molecule has 32 heavy (non-hydrogen) atoms. The minimum absolute atomic E-state index is 0.155. The standard InChI is InChI=1S/C26H24N2O4/c1-3-31-26(30)22-16-28-23-20-10-5-4-8-18(20)11-12-21(23)24(22)27-13-14-32-25(29)19-9-6-7-17(2)15-19/h4-12,15-16H,3,13-14H2,1-2H3,(H,27,28)/p+1. The maximum atomic E-state index is 12.6. The van der Waals surface area contributed by atoms with Crippen molar-refractivity contribution in [3.05, 3.63) is 83.6 Å². The van der Waals surface area contributed by atoms with Crippen molar-refractivity contribution in [2.45, 2.75) is 13.8 Å². The number of hydrogen-bond donors (Lipinski definition) is 1. The predicted octanol–water partition coefficient (Wildman–Crippen LogP) is 4.56. The van der Waals surface area contributed by atoms with E-state index in [1.807, 2.05) is 55.5 Å². The second-order valence-electron chi connectivity index (χ2n) is 7.44. The number of carbonyl (C=O) groups is 2. The average molecular weight is 429 g/mol. The Kier molecular flexibility index (Phi) is 6.31. The number of anilines is 1. The highest BCUT2D eigenvalue weighted by Gasteiger charge is 2.21. The van der Waals surface area contributed by atoms with Gasteiger partial charge < -0.3 is 14.8 Å². The normalized spacial score (nSPS) is 10.8. The smallest absolute Gasteiger partial charge is 0.346 e. The van der Waals surface area contributed by atoms with Gasteiger partial charge in [-0.2, -0.15) is 0 Å². The molecule has 3 aromatic carbocycles. The molecule has 0 saturated carbocycles. The van der Waals surface area contributed by atoms with Crippen molar-refractivity contribution in [3.63, 3.8) is 0 Å². The number of pyridine rings is 1. The van der Waals surface area contributed by atoms with E-state index < -0.39 is 5.97 Å². The molecule has 1 aromatic heterocycles. The molecular weight excluding hydrogens is 404 g/mol. The lowest BCUT2D eigenvalue weighted by Crippen LogP contribution is -2.19. The lowest BCUT2D eigenvalue weighted by Gasteiger charge is -2.13. The van der Waals surface area contributed by atoms with Gasteiger partial charge in [-0.3, -0.25) is 0 Å². The Bertz CT molecular complexity index is 1300. The van der Waals surface area contributed by atoms with Gasteiger partial charge in [0.05, 0.1) is 28.6 Å². The molecule has 6 heteroatoms. The highest BCUT2D eigenvalue weighted by atomic mass is 16.5. The number of hydrogen-bond acceptors (Lipinski definition) is 5. The van der Waals surface area contributed by atoms with Crippen LogP contribution in [0.3, 0.4) is 0 Å². The van der Waals surface area contributed by atoms with Crippen LogP contribution >= 0.6 is 0 Å². The maximum Gasteiger partial charge on any atom is 0.346 e. The molecule has 0 aliphatic heterocycles. The van der Waals surface area contributed by atoms with E-state index in [-0.39, 0.29) is 19.2 Å². The number of aromatic amines is 1. The molecule has 0 bridgehead atoms. The highest BCUT2D eigenvalue weighted by Crippen LogP contribution is 2.30. The van der Waals surface area contributed by atoms with Crippen molar-refractivity contribution >= 4 is 39.3 Å². The average Bonchev–Trinajstić information content (AvgIpc) is 2.81. The number of esters is 2. The second kappa shape index (κ2) is 9.47. The van der Waals surface area contributed by atoms with E-state index >= 15 is 0 Å². The van der Waals surface area contributed by atoms with Crippen molar-refractivity contribution in [1.29, 1.82) is 0 Å². The zero-order valence-electron chi connectivity index (χ0n) is 18.1. The van der Waals surface area contributed by atoms with Crippen LogP contribution in [-0.4, -0.2) is 31.7 Å². The molecule has 0 spiro atoms. The number of aryl methyl sites for hydroxylation is 1. The van der Waals surface area contributed by atoms with Gasteiger partial charge in [0.1, 0.15) is 12.2 Å². The fourth-order valence-corrected chi connectivity index (χ4v) is 3.73. The zero-order valence-corrected chi connectivity index (χ0v) is 18.1.